The number of esters is 1. The second kappa shape index (κ2) is 5.03. The van der Waals surface area contributed by atoms with Gasteiger partial charge in [-0.05, 0) is 29.8 Å². The third-order valence-corrected chi connectivity index (χ3v) is 3.33. The van der Waals surface area contributed by atoms with Crippen molar-refractivity contribution in [1.29, 1.82) is 0 Å². The molecule has 21 heavy (non-hydrogen) atoms. The molecule has 2 aromatic rings. The van der Waals surface area contributed by atoms with Gasteiger partial charge in [0.15, 0.2) is 0 Å². The maximum Gasteiger partial charge on any atom is 0.344 e. The zero-order chi connectivity index (χ0) is 15.0. The number of halogens is 1. The number of nitrogens with zero attached hydrogens (tertiary/aromatic N) is 1. The number of rotatable bonds is 2. The first-order chi connectivity index (χ1) is 10.1. The Balaban J connectivity index is 2.15. The fourth-order valence-electron chi connectivity index (χ4n) is 2.14. The van der Waals surface area contributed by atoms with Gasteiger partial charge >= 0.3 is 5.97 Å². The van der Waals surface area contributed by atoms with Crippen LogP contribution in [0.5, 0.6) is 0 Å². The van der Waals surface area contributed by atoms with Gasteiger partial charge in [0, 0.05) is 11.1 Å². The summed E-state index contributed by atoms with van der Waals surface area (Å²) in [4.78, 5) is 22.4. The van der Waals surface area contributed by atoms with Crippen LogP contribution in [0.15, 0.2) is 42.5 Å². The minimum absolute atomic E-state index is 0.154. The molecule has 6 heteroatoms. The van der Waals surface area contributed by atoms with Crippen molar-refractivity contribution in [3.05, 3.63) is 74.3 Å². The quantitative estimate of drug-likeness (QED) is 0.479. The molecule has 5 nitrogen and oxygen atoms in total. The molecule has 0 saturated heterocycles. The van der Waals surface area contributed by atoms with E-state index in [0.717, 1.165) is 5.56 Å². The van der Waals surface area contributed by atoms with Crippen molar-refractivity contribution in [2.45, 2.75) is 0 Å². The lowest BCUT2D eigenvalue weighted by Gasteiger charge is -2.00. The third kappa shape index (κ3) is 2.39. The Kier molecular flexibility index (Phi) is 3.19. The molecule has 0 amide bonds. The Morgan fingerprint density at radius 2 is 1.86 bits per heavy atom. The van der Waals surface area contributed by atoms with Gasteiger partial charge in [-0.3, -0.25) is 10.1 Å². The summed E-state index contributed by atoms with van der Waals surface area (Å²) in [6.45, 7) is 0. The maximum atomic E-state index is 11.8. The zero-order valence-electron chi connectivity index (χ0n) is 10.6. The Labute approximate surface area is 124 Å². The average molecular weight is 302 g/mol. The highest BCUT2D eigenvalue weighted by atomic mass is 35.5. The topological polar surface area (TPSA) is 69.4 Å². The number of nitro groups is 1. The Morgan fingerprint density at radius 3 is 2.52 bits per heavy atom. The first kappa shape index (κ1) is 13.3. The highest BCUT2D eigenvalue weighted by Gasteiger charge is 2.33. The molecule has 0 aliphatic carbocycles. The number of cyclic esters (lactones) is 1. The molecule has 1 aliphatic heterocycles. The van der Waals surface area contributed by atoms with Crippen molar-refractivity contribution < 1.29 is 14.5 Å². The van der Waals surface area contributed by atoms with Gasteiger partial charge in [0.1, 0.15) is 11.3 Å². The van der Waals surface area contributed by atoms with E-state index in [1.165, 1.54) is 18.2 Å². The molecule has 2 aromatic carbocycles. The summed E-state index contributed by atoms with van der Waals surface area (Å²) in [5.41, 5.74) is 0.985. The highest BCUT2D eigenvalue weighted by Crippen LogP contribution is 2.37. The van der Waals surface area contributed by atoms with E-state index < -0.39 is 10.9 Å². The van der Waals surface area contributed by atoms with Crippen LogP contribution in [-0.2, 0) is 4.74 Å². The molecule has 0 saturated carbocycles. The van der Waals surface area contributed by atoms with E-state index in [9.17, 15) is 14.9 Å². The summed E-state index contributed by atoms with van der Waals surface area (Å²) in [7, 11) is 0. The highest BCUT2D eigenvalue weighted by molar-refractivity contribution is 6.30. The third-order valence-electron chi connectivity index (χ3n) is 3.08. The standard InChI is InChI=1S/C15H8ClNO4/c16-10-6-4-9(5-7-10)8-13-14-11(15(18)21-13)2-1-3-12(14)17(19)20/h1-8H/b13-8-. The molecule has 1 aliphatic rings. The second-order valence-corrected chi connectivity index (χ2v) is 4.84. The van der Waals surface area contributed by atoms with Crippen molar-refractivity contribution in [3.8, 4) is 0 Å². The molecule has 0 spiro atoms. The monoisotopic (exact) mass is 301 g/mol. The Bertz CT molecular complexity index is 781. The van der Waals surface area contributed by atoms with Gasteiger partial charge in [0.05, 0.1) is 10.5 Å². The first-order valence-electron chi connectivity index (χ1n) is 6.03. The lowest BCUT2D eigenvalue weighted by Crippen LogP contribution is -1.95. The van der Waals surface area contributed by atoms with Crippen molar-refractivity contribution >= 4 is 35.1 Å². The smallest absolute Gasteiger partial charge is 0.344 e. The predicted octanol–water partition coefficient (Wildman–Crippen LogP) is 3.92. The van der Waals surface area contributed by atoms with Crippen molar-refractivity contribution in [2.24, 2.45) is 0 Å². The van der Waals surface area contributed by atoms with E-state index in [0.29, 0.717) is 5.02 Å². The molecule has 0 bridgehead atoms. The van der Waals surface area contributed by atoms with Crippen LogP contribution in [0.4, 0.5) is 5.69 Å². The summed E-state index contributed by atoms with van der Waals surface area (Å²) in [5, 5.41) is 11.7. The van der Waals surface area contributed by atoms with Gasteiger partial charge in [0.25, 0.3) is 5.69 Å². The molecule has 0 radical (unpaired) electrons. The lowest BCUT2D eigenvalue weighted by atomic mass is 10.0. The SMILES string of the molecule is O=C1O/C(=C\c2ccc(Cl)cc2)c2c1cccc2[N+](=O)[O-]. The summed E-state index contributed by atoms with van der Waals surface area (Å²) in [6.07, 6.45) is 1.58. The summed E-state index contributed by atoms with van der Waals surface area (Å²) >= 11 is 5.80. The van der Waals surface area contributed by atoms with E-state index in [1.807, 2.05) is 0 Å². The number of hydrogen-bond donors (Lipinski definition) is 0. The van der Waals surface area contributed by atoms with Crippen LogP contribution in [0.2, 0.25) is 5.02 Å². The Morgan fingerprint density at radius 1 is 1.14 bits per heavy atom. The molecule has 0 unspecified atom stereocenters. The minimum atomic E-state index is -0.589. The van der Waals surface area contributed by atoms with Gasteiger partial charge in [-0.1, -0.05) is 29.8 Å². The first-order valence-corrected chi connectivity index (χ1v) is 6.41. The number of nitro benzene ring substituents is 1. The molecule has 0 aromatic heterocycles. The van der Waals surface area contributed by atoms with E-state index >= 15 is 0 Å². The molecule has 0 N–H and O–H groups in total. The van der Waals surface area contributed by atoms with E-state index in [4.69, 9.17) is 16.3 Å². The number of hydrogen-bond acceptors (Lipinski definition) is 4. The average Bonchev–Trinajstić information content (AvgIpc) is 2.78. The molecule has 0 atom stereocenters. The van der Waals surface area contributed by atoms with Crippen LogP contribution >= 0.6 is 11.6 Å². The van der Waals surface area contributed by atoms with Gasteiger partial charge < -0.3 is 4.74 Å². The van der Waals surface area contributed by atoms with E-state index in [1.54, 1.807) is 30.3 Å². The van der Waals surface area contributed by atoms with Crippen LogP contribution in [0, 0.1) is 10.1 Å². The molecule has 3 rings (SSSR count). The van der Waals surface area contributed by atoms with Gasteiger partial charge in [-0.2, -0.15) is 0 Å². The van der Waals surface area contributed by atoms with Crippen LogP contribution in [0.25, 0.3) is 11.8 Å². The molecular formula is C15H8ClNO4. The van der Waals surface area contributed by atoms with Crippen LogP contribution in [-0.4, -0.2) is 10.9 Å². The van der Waals surface area contributed by atoms with Gasteiger partial charge in [-0.15, -0.1) is 0 Å². The number of ether oxygens (including phenoxy) is 1. The molecular weight excluding hydrogens is 294 g/mol. The second-order valence-electron chi connectivity index (χ2n) is 4.41. The number of carbonyl (C=O) groups excluding carboxylic acids is 1. The molecule has 1 heterocycles. The van der Waals surface area contributed by atoms with Crippen LogP contribution in [0.1, 0.15) is 21.5 Å². The summed E-state index contributed by atoms with van der Waals surface area (Å²) in [6, 6.07) is 11.1. The van der Waals surface area contributed by atoms with Crippen molar-refractivity contribution in [1.82, 2.24) is 0 Å². The molecule has 0 fully saturated rings. The van der Waals surface area contributed by atoms with Gasteiger partial charge in [-0.25, -0.2) is 4.79 Å². The number of fused-ring (bicyclic) bond motifs is 1. The number of carbonyl (C=O) groups is 1. The largest absolute Gasteiger partial charge is 0.422 e. The fourth-order valence-corrected chi connectivity index (χ4v) is 2.27. The van der Waals surface area contributed by atoms with Crippen LogP contribution < -0.4 is 0 Å². The maximum absolute atomic E-state index is 11.8. The molecule has 104 valence electrons. The van der Waals surface area contributed by atoms with E-state index in [2.05, 4.69) is 0 Å². The lowest BCUT2D eigenvalue weighted by molar-refractivity contribution is -0.385. The fraction of sp³-hybridized carbons (Fsp3) is 0. The minimum Gasteiger partial charge on any atom is -0.422 e. The van der Waals surface area contributed by atoms with Crippen molar-refractivity contribution in [3.63, 3.8) is 0 Å². The Hall–Kier alpha value is -2.66. The van der Waals surface area contributed by atoms with Crippen LogP contribution in [0.3, 0.4) is 0 Å². The predicted molar refractivity (Wildman–Crippen MR) is 77.8 cm³/mol. The normalized spacial score (nSPS) is 14.9. The number of benzene rings is 2. The van der Waals surface area contributed by atoms with Crippen molar-refractivity contribution in [2.75, 3.05) is 0 Å². The zero-order valence-corrected chi connectivity index (χ0v) is 11.3. The summed E-state index contributed by atoms with van der Waals surface area (Å²) in [5.74, 6) is -0.418. The van der Waals surface area contributed by atoms with Gasteiger partial charge in [0.2, 0.25) is 0 Å². The summed E-state index contributed by atoms with van der Waals surface area (Å²) < 4.78 is 5.14. The van der Waals surface area contributed by atoms with E-state index in [-0.39, 0.29) is 22.6 Å².